The lowest BCUT2D eigenvalue weighted by molar-refractivity contribution is -0.141. The van der Waals surface area contributed by atoms with E-state index in [1.54, 1.807) is 0 Å². The lowest BCUT2D eigenvalue weighted by atomic mass is 9.89. The van der Waals surface area contributed by atoms with Crippen LogP contribution in [0.2, 0.25) is 0 Å². The Morgan fingerprint density at radius 3 is 2.56 bits per heavy atom. The summed E-state index contributed by atoms with van der Waals surface area (Å²) in [6.07, 6.45) is 0. The fourth-order valence-corrected chi connectivity index (χ4v) is 2.33. The molecule has 0 bridgehead atoms. The Balaban J connectivity index is 2.25. The Bertz CT molecular complexity index is 389. The molecule has 0 radical (unpaired) electrons. The minimum atomic E-state index is -0.717. The molecule has 1 saturated heterocycles. The average molecular weight is 220 g/mol. The predicted octanol–water partition coefficient (Wildman–Crippen LogP) is 0.999. The highest BCUT2D eigenvalue weighted by Gasteiger charge is 2.36. The number of carboxylic acid groups (broad SMARTS) is 1. The van der Waals surface area contributed by atoms with E-state index in [2.05, 4.69) is 4.90 Å². The van der Waals surface area contributed by atoms with Crippen LogP contribution in [0.3, 0.4) is 0 Å². The van der Waals surface area contributed by atoms with Crippen LogP contribution < -0.4 is 5.73 Å². The van der Waals surface area contributed by atoms with Crippen molar-refractivity contribution in [2.45, 2.75) is 5.92 Å². The highest BCUT2D eigenvalue weighted by atomic mass is 16.4. The molecule has 0 amide bonds. The average Bonchev–Trinajstić information content (AvgIpc) is 2.61. The smallest absolute Gasteiger partial charge is 0.308 e. The van der Waals surface area contributed by atoms with Crippen LogP contribution >= 0.6 is 0 Å². The zero-order chi connectivity index (χ0) is 11.7. The maximum atomic E-state index is 11.1. The van der Waals surface area contributed by atoms with Crippen molar-refractivity contribution >= 4 is 11.7 Å². The van der Waals surface area contributed by atoms with Crippen LogP contribution in [0.25, 0.3) is 0 Å². The van der Waals surface area contributed by atoms with Gasteiger partial charge in [0.15, 0.2) is 0 Å². The first-order valence-electron chi connectivity index (χ1n) is 5.34. The highest BCUT2D eigenvalue weighted by molar-refractivity contribution is 5.72. The van der Waals surface area contributed by atoms with Crippen LogP contribution in [0.4, 0.5) is 5.69 Å². The third kappa shape index (κ3) is 2.02. The second-order valence-corrected chi connectivity index (χ2v) is 4.44. The van der Waals surface area contributed by atoms with Gasteiger partial charge in [-0.1, -0.05) is 12.1 Å². The maximum Gasteiger partial charge on any atom is 0.308 e. The number of benzene rings is 1. The third-order valence-corrected chi connectivity index (χ3v) is 3.18. The number of hydrogen-bond acceptors (Lipinski definition) is 3. The molecule has 0 unspecified atom stereocenters. The maximum absolute atomic E-state index is 11.1. The molecule has 1 aromatic carbocycles. The highest BCUT2D eigenvalue weighted by Crippen LogP contribution is 2.32. The predicted molar refractivity (Wildman–Crippen MR) is 62.2 cm³/mol. The van der Waals surface area contributed by atoms with Gasteiger partial charge in [-0.25, -0.2) is 0 Å². The minimum absolute atomic E-state index is 0.0723. The second kappa shape index (κ2) is 4.14. The van der Waals surface area contributed by atoms with Gasteiger partial charge < -0.3 is 15.7 Å². The van der Waals surface area contributed by atoms with Gasteiger partial charge in [0.2, 0.25) is 0 Å². The third-order valence-electron chi connectivity index (χ3n) is 3.18. The van der Waals surface area contributed by atoms with Gasteiger partial charge in [-0.3, -0.25) is 4.79 Å². The van der Waals surface area contributed by atoms with Gasteiger partial charge in [0.1, 0.15) is 0 Å². The number of carboxylic acids is 1. The fourth-order valence-electron chi connectivity index (χ4n) is 2.33. The molecule has 0 aliphatic carbocycles. The molecule has 2 atom stereocenters. The van der Waals surface area contributed by atoms with Gasteiger partial charge >= 0.3 is 5.97 Å². The van der Waals surface area contributed by atoms with E-state index in [9.17, 15) is 4.79 Å². The number of aliphatic carboxylic acids is 1. The number of carbonyl (C=O) groups is 1. The summed E-state index contributed by atoms with van der Waals surface area (Å²) < 4.78 is 0. The van der Waals surface area contributed by atoms with Gasteiger partial charge in [-0.2, -0.15) is 0 Å². The number of likely N-dealkylation sites (tertiary alicyclic amines) is 1. The molecule has 2 rings (SSSR count). The van der Waals surface area contributed by atoms with E-state index in [0.717, 1.165) is 12.1 Å². The Labute approximate surface area is 94.7 Å². The summed E-state index contributed by atoms with van der Waals surface area (Å²) in [4.78, 5) is 13.2. The fraction of sp³-hybridized carbons (Fsp3) is 0.417. The quantitative estimate of drug-likeness (QED) is 0.730. The van der Waals surface area contributed by atoms with Crippen molar-refractivity contribution in [2.75, 3.05) is 25.9 Å². The van der Waals surface area contributed by atoms with Crippen LogP contribution in [-0.2, 0) is 4.79 Å². The lowest BCUT2D eigenvalue weighted by Crippen LogP contribution is -2.21. The zero-order valence-corrected chi connectivity index (χ0v) is 9.26. The number of nitrogens with two attached hydrogens (primary N) is 1. The van der Waals surface area contributed by atoms with Crippen molar-refractivity contribution in [3.8, 4) is 0 Å². The number of anilines is 1. The van der Waals surface area contributed by atoms with E-state index in [-0.39, 0.29) is 11.8 Å². The zero-order valence-electron chi connectivity index (χ0n) is 9.26. The molecule has 0 spiro atoms. The normalized spacial score (nSPS) is 25.8. The molecule has 1 fully saturated rings. The largest absolute Gasteiger partial charge is 0.481 e. The van der Waals surface area contributed by atoms with Crippen molar-refractivity contribution < 1.29 is 9.90 Å². The first-order valence-corrected chi connectivity index (χ1v) is 5.34. The van der Waals surface area contributed by atoms with Gasteiger partial charge in [0.25, 0.3) is 0 Å². The summed E-state index contributed by atoms with van der Waals surface area (Å²) in [5.41, 5.74) is 7.39. The van der Waals surface area contributed by atoms with Gasteiger partial charge in [-0.05, 0) is 24.7 Å². The van der Waals surface area contributed by atoms with Crippen molar-refractivity contribution in [2.24, 2.45) is 5.92 Å². The monoisotopic (exact) mass is 220 g/mol. The van der Waals surface area contributed by atoms with Gasteiger partial charge in [-0.15, -0.1) is 0 Å². The first-order chi connectivity index (χ1) is 7.58. The van der Waals surface area contributed by atoms with E-state index < -0.39 is 5.97 Å². The van der Waals surface area contributed by atoms with Crippen molar-refractivity contribution in [3.63, 3.8) is 0 Å². The Kier molecular flexibility index (Phi) is 2.83. The van der Waals surface area contributed by atoms with Crippen LogP contribution in [0.1, 0.15) is 11.5 Å². The molecule has 3 N–H and O–H groups in total. The molecule has 1 heterocycles. The Hall–Kier alpha value is -1.55. The number of nitrogen functional groups attached to an aromatic ring is 1. The second-order valence-electron chi connectivity index (χ2n) is 4.44. The lowest BCUT2D eigenvalue weighted by Gasteiger charge is -2.15. The SMILES string of the molecule is CN1C[C@H](C(=O)O)[C@@H](c2ccc(N)cc2)C1. The molecule has 4 nitrogen and oxygen atoms in total. The van der Waals surface area contributed by atoms with Crippen LogP contribution in [0.5, 0.6) is 0 Å². The molecule has 4 heteroatoms. The van der Waals surface area contributed by atoms with E-state index in [0.29, 0.717) is 12.2 Å². The van der Waals surface area contributed by atoms with Crippen LogP contribution in [-0.4, -0.2) is 36.1 Å². The van der Waals surface area contributed by atoms with Crippen molar-refractivity contribution in [1.82, 2.24) is 4.90 Å². The summed E-state index contributed by atoms with van der Waals surface area (Å²) in [6.45, 7) is 1.41. The molecular formula is C12H16N2O2. The van der Waals surface area contributed by atoms with Gasteiger partial charge in [0, 0.05) is 24.7 Å². The Morgan fingerprint density at radius 1 is 1.38 bits per heavy atom. The number of likely N-dealkylation sites (N-methyl/N-ethyl adjacent to an activating group) is 1. The van der Waals surface area contributed by atoms with E-state index >= 15 is 0 Å². The Morgan fingerprint density at radius 2 is 2.00 bits per heavy atom. The summed E-state index contributed by atoms with van der Waals surface area (Å²) >= 11 is 0. The van der Waals surface area contributed by atoms with E-state index in [4.69, 9.17) is 10.8 Å². The minimum Gasteiger partial charge on any atom is -0.481 e. The molecule has 86 valence electrons. The van der Waals surface area contributed by atoms with E-state index in [1.165, 1.54) is 0 Å². The number of rotatable bonds is 2. The standard InChI is InChI=1S/C12H16N2O2/c1-14-6-10(11(7-14)12(15)16)8-2-4-9(13)5-3-8/h2-5,10-11H,6-7,13H2,1H3,(H,15,16)/t10-,11+/m1/s1. The summed E-state index contributed by atoms with van der Waals surface area (Å²) in [5.74, 6) is -0.956. The van der Waals surface area contributed by atoms with Crippen molar-refractivity contribution in [1.29, 1.82) is 0 Å². The number of nitrogens with zero attached hydrogens (tertiary/aromatic N) is 1. The molecule has 1 aromatic rings. The van der Waals surface area contributed by atoms with Crippen LogP contribution in [0, 0.1) is 5.92 Å². The summed E-state index contributed by atoms with van der Waals surface area (Å²) in [5, 5.41) is 9.17. The molecule has 1 aliphatic heterocycles. The van der Waals surface area contributed by atoms with Gasteiger partial charge in [0.05, 0.1) is 5.92 Å². The molecule has 16 heavy (non-hydrogen) atoms. The molecule has 0 saturated carbocycles. The topological polar surface area (TPSA) is 66.6 Å². The first kappa shape index (κ1) is 11.0. The van der Waals surface area contributed by atoms with E-state index in [1.807, 2.05) is 31.3 Å². The summed E-state index contributed by atoms with van der Waals surface area (Å²) in [7, 11) is 1.95. The molecule has 1 aliphatic rings. The molecule has 0 aromatic heterocycles. The number of hydrogen-bond donors (Lipinski definition) is 2. The summed E-state index contributed by atoms with van der Waals surface area (Å²) in [6, 6.07) is 7.50. The van der Waals surface area contributed by atoms with Crippen molar-refractivity contribution in [3.05, 3.63) is 29.8 Å². The molecular weight excluding hydrogens is 204 g/mol. The van der Waals surface area contributed by atoms with Crippen LogP contribution in [0.15, 0.2) is 24.3 Å².